The van der Waals surface area contributed by atoms with E-state index in [0.29, 0.717) is 11.3 Å². The molecule has 6 nitrogen and oxygen atoms in total. The summed E-state index contributed by atoms with van der Waals surface area (Å²) in [6, 6.07) is 0. The average Bonchev–Trinajstić information content (AvgIpc) is 2.50. The molecule has 8 heteroatoms. The molecule has 0 aliphatic carbocycles. The highest BCUT2D eigenvalue weighted by atomic mass is 32.2. The van der Waals surface area contributed by atoms with Gasteiger partial charge in [0.1, 0.15) is 4.88 Å². The quantitative estimate of drug-likeness (QED) is 0.685. The molecule has 0 saturated carbocycles. The van der Waals surface area contributed by atoms with E-state index in [4.69, 9.17) is 5.14 Å². The highest BCUT2D eigenvalue weighted by molar-refractivity contribution is 7.91. The van der Waals surface area contributed by atoms with Crippen molar-refractivity contribution >= 4 is 27.3 Å². The van der Waals surface area contributed by atoms with Crippen molar-refractivity contribution in [3.05, 3.63) is 11.1 Å². The van der Waals surface area contributed by atoms with E-state index in [2.05, 4.69) is 9.72 Å². The number of carbonyl (C=O) groups excluding carboxylic acids is 1. The van der Waals surface area contributed by atoms with Gasteiger partial charge in [-0.2, -0.15) is 0 Å². The van der Waals surface area contributed by atoms with Gasteiger partial charge in [0.2, 0.25) is 4.34 Å². The van der Waals surface area contributed by atoms with Crippen molar-refractivity contribution in [3.8, 4) is 0 Å². The molecular weight excluding hydrogens is 216 g/mol. The summed E-state index contributed by atoms with van der Waals surface area (Å²) in [5.74, 6) is -0.632. The molecule has 1 aromatic heterocycles. The molecule has 0 atom stereocenters. The molecule has 0 saturated heterocycles. The number of aromatic nitrogens is 1. The minimum absolute atomic E-state index is 0.103. The first-order valence-electron chi connectivity index (χ1n) is 3.02. The molecule has 1 heterocycles. The van der Waals surface area contributed by atoms with Crippen molar-refractivity contribution in [2.45, 2.75) is 4.34 Å². The molecule has 0 radical (unpaired) electrons. The molecule has 13 heavy (non-hydrogen) atoms. The van der Waals surface area contributed by atoms with Gasteiger partial charge in [-0.25, -0.2) is 23.3 Å². The van der Waals surface area contributed by atoms with Crippen molar-refractivity contribution in [1.29, 1.82) is 0 Å². The minimum atomic E-state index is -3.82. The van der Waals surface area contributed by atoms with Crippen LogP contribution in [0.1, 0.15) is 9.67 Å². The van der Waals surface area contributed by atoms with E-state index >= 15 is 0 Å². The Hall–Kier alpha value is -0.990. The molecule has 2 N–H and O–H groups in total. The molecule has 0 aromatic carbocycles. The summed E-state index contributed by atoms with van der Waals surface area (Å²) in [5.41, 5.74) is 0. The SMILES string of the molecule is COC(=O)c1cnc(S(N)(=O)=O)s1. The van der Waals surface area contributed by atoms with Crippen LogP contribution < -0.4 is 5.14 Å². The van der Waals surface area contributed by atoms with E-state index in [-0.39, 0.29) is 9.22 Å². The summed E-state index contributed by atoms with van der Waals surface area (Å²) in [4.78, 5) is 14.4. The molecule has 0 spiro atoms. The zero-order valence-corrected chi connectivity index (χ0v) is 8.18. The third-order valence-electron chi connectivity index (χ3n) is 1.11. The Kier molecular flexibility index (Phi) is 2.64. The third kappa shape index (κ3) is 2.23. The van der Waals surface area contributed by atoms with Gasteiger partial charge in [-0.05, 0) is 0 Å². The van der Waals surface area contributed by atoms with Gasteiger partial charge in [0.25, 0.3) is 10.0 Å². The highest BCUT2D eigenvalue weighted by Gasteiger charge is 2.17. The Bertz CT molecular complexity index is 421. The van der Waals surface area contributed by atoms with Crippen LogP contribution in [0, 0.1) is 0 Å². The normalized spacial score (nSPS) is 11.2. The maximum Gasteiger partial charge on any atom is 0.349 e. The number of thiazole rings is 1. The van der Waals surface area contributed by atoms with Crippen LogP contribution in [0.3, 0.4) is 0 Å². The monoisotopic (exact) mass is 222 g/mol. The number of methoxy groups -OCH3 is 1. The summed E-state index contributed by atoms with van der Waals surface area (Å²) in [6.07, 6.45) is 1.11. The number of nitrogens with two attached hydrogens (primary N) is 1. The molecule has 72 valence electrons. The second-order valence-corrected chi connectivity index (χ2v) is 4.79. The van der Waals surface area contributed by atoms with E-state index in [1.165, 1.54) is 7.11 Å². The van der Waals surface area contributed by atoms with E-state index < -0.39 is 16.0 Å². The topological polar surface area (TPSA) is 99.3 Å². The van der Waals surface area contributed by atoms with Crippen molar-refractivity contribution in [2.75, 3.05) is 7.11 Å². The fraction of sp³-hybridized carbons (Fsp3) is 0.200. The minimum Gasteiger partial charge on any atom is -0.465 e. The predicted molar refractivity (Wildman–Crippen MR) is 44.8 cm³/mol. The van der Waals surface area contributed by atoms with Crippen molar-refractivity contribution in [3.63, 3.8) is 0 Å². The van der Waals surface area contributed by atoms with Gasteiger partial charge in [-0.1, -0.05) is 11.3 Å². The summed E-state index contributed by atoms with van der Waals surface area (Å²) < 4.78 is 25.5. The molecule has 1 aromatic rings. The predicted octanol–water partition coefficient (Wildman–Crippen LogP) is -0.423. The standard InChI is InChI=1S/C5H6N2O4S2/c1-11-4(8)3-2-7-5(12-3)13(6,9)10/h2H,1H3,(H2,6,9,10). The van der Waals surface area contributed by atoms with Crippen molar-refractivity contribution in [1.82, 2.24) is 4.98 Å². The number of esters is 1. The molecule has 0 bridgehead atoms. The first-order chi connectivity index (χ1) is 5.95. The molecule has 1 rings (SSSR count). The second kappa shape index (κ2) is 3.40. The highest BCUT2D eigenvalue weighted by Crippen LogP contribution is 2.16. The number of nitrogens with zero attached hydrogens (tertiary/aromatic N) is 1. The third-order valence-corrected chi connectivity index (χ3v) is 3.43. The average molecular weight is 222 g/mol. The van der Waals surface area contributed by atoms with E-state index in [1.807, 2.05) is 0 Å². The number of hydrogen-bond acceptors (Lipinski definition) is 6. The van der Waals surface area contributed by atoms with Crippen LogP contribution in [0.25, 0.3) is 0 Å². The van der Waals surface area contributed by atoms with Gasteiger partial charge < -0.3 is 4.74 Å². The largest absolute Gasteiger partial charge is 0.465 e. The van der Waals surface area contributed by atoms with Crippen molar-refractivity contribution < 1.29 is 17.9 Å². The summed E-state index contributed by atoms with van der Waals surface area (Å²) >= 11 is 0.674. The van der Waals surface area contributed by atoms with Gasteiger partial charge in [-0.15, -0.1) is 0 Å². The van der Waals surface area contributed by atoms with E-state index in [9.17, 15) is 13.2 Å². The Morgan fingerprint density at radius 2 is 2.31 bits per heavy atom. The second-order valence-electron chi connectivity index (χ2n) is 2.03. The Balaban J connectivity index is 3.07. The maximum absolute atomic E-state index is 10.9. The molecule has 0 aliphatic heterocycles. The number of rotatable bonds is 2. The van der Waals surface area contributed by atoms with Gasteiger partial charge in [0.15, 0.2) is 0 Å². The first kappa shape index (κ1) is 10.1. The molecule has 0 aliphatic rings. The summed E-state index contributed by atoms with van der Waals surface area (Å²) in [6.45, 7) is 0. The van der Waals surface area contributed by atoms with Gasteiger partial charge in [-0.3, -0.25) is 0 Å². The molecular formula is C5H6N2O4S2. The Morgan fingerprint density at radius 3 is 2.69 bits per heavy atom. The van der Waals surface area contributed by atoms with E-state index in [1.54, 1.807) is 0 Å². The zero-order valence-electron chi connectivity index (χ0n) is 6.55. The first-order valence-corrected chi connectivity index (χ1v) is 5.38. The van der Waals surface area contributed by atoms with Gasteiger partial charge in [0.05, 0.1) is 13.3 Å². The van der Waals surface area contributed by atoms with Crippen LogP contribution in [-0.2, 0) is 14.8 Å². The zero-order chi connectivity index (χ0) is 10.1. The number of primary sulfonamides is 1. The van der Waals surface area contributed by atoms with Crippen LogP contribution in [0.5, 0.6) is 0 Å². The number of sulfonamides is 1. The number of ether oxygens (including phenoxy) is 1. The molecule has 0 amide bonds. The summed E-state index contributed by atoms with van der Waals surface area (Å²) in [5, 5.41) is 4.78. The number of carbonyl (C=O) groups is 1. The van der Waals surface area contributed by atoms with E-state index in [0.717, 1.165) is 6.20 Å². The fourth-order valence-corrected chi connectivity index (χ4v) is 2.08. The maximum atomic E-state index is 10.9. The van der Waals surface area contributed by atoms with Crippen LogP contribution in [0.4, 0.5) is 0 Å². The summed E-state index contributed by atoms with van der Waals surface area (Å²) in [7, 11) is -2.63. The molecule has 0 fully saturated rings. The fourth-order valence-electron chi connectivity index (χ4n) is 0.585. The lowest BCUT2D eigenvalue weighted by Gasteiger charge is -1.90. The van der Waals surface area contributed by atoms with Crippen LogP contribution in [0.15, 0.2) is 10.5 Å². The van der Waals surface area contributed by atoms with Crippen LogP contribution in [0.2, 0.25) is 0 Å². The smallest absolute Gasteiger partial charge is 0.349 e. The number of hydrogen-bond donors (Lipinski definition) is 1. The lowest BCUT2D eigenvalue weighted by molar-refractivity contribution is 0.0606. The Morgan fingerprint density at radius 1 is 1.69 bits per heavy atom. The van der Waals surface area contributed by atoms with Gasteiger partial charge in [0, 0.05) is 0 Å². The van der Waals surface area contributed by atoms with Crippen molar-refractivity contribution in [2.24, 2.45) is 5.14 Å². The van der Waals surface area contributed by atoms with Gasteiger partial charge >= 0.3 is 5.97 Å². The molecule has 0 unspecified atom stereocenters. The van der Waals surface area contributed by atoms with Crippen LogP contribution >= 0.6 is 11.3 Å². The lowest BCUT2D eigenvalue weighted by Crippen LogP contribution is -2.11. The lowest BCUT2D eigenvalue weighted by atomic mass is 10.6. The Labute approximate surface area is 78.4 Å². The van der Waals surface area contributed by atoms with Crippen LogP contribution in [-0.4, -0.2) is 26.5 Å².